The minimum absolute atomic E-state index is 0.571. The molecular formula is C17H25N3. The van der Waals surface area contributed by atoms with Crippen LogP contribution in [0.25, 0.3) is 0 Å². The number of likely N-dealkylation sites (tertiary alicyclic amines) is 1. The van der Waals surface area contributed by atoms with Gasteiger partial charge in [-0.25, -0.2) is 0 Å². The Morgan fingerprint density at radius 1 is 1.35 bits per heavy atom. The molecule has 1 N–H and O–H groups in total. The van der Waals surface area contributed by atoms with E-state index in [1.54, 1.807) is 0 Å². The zero-order chi connectivity index (χ0) is 14.4. The fraction of sp³-hybridized carbons (Fsp3) is 0.588. The third-order valence-corrected chi connectivity index (χ3v) is 4.60. The Kier molecular flexibility index (Phi) is 5.17. The van der Waals surface area contributed by atoms with Gasteiger partial charge in [0.1, 0.15) is 5.54 Å². The van der Waals surface area contributed by atoms with Crippen molar-refractivity contribution in [3.63, 3.8) is 0 Å². The second kappa shape index (κ2) is 6.88. The molecule has 1 aromatic carbocycles. The molecule has 1 aromatic rings. The zero-order valence-corrected chi connectivity index (χ0v) is 12.6. The van der Waals surface area contributed by atoms with Crippen LogP contribution in [0.15, 0.2) is 30.3 Å². The molecule has 0 amide bonds. The number of hydrogen-bond acceptors (Lipinski definition) is 3. The molecule has 0 aromatic heterocycles. The third kappa shape index (κ3) is 3.20. The first-order valence-electron chi connectivity index (χ1n) is 7.61. The maximum Gasteiger partial charge on any atom is 0.133 e. The van der Waals surface area contributed by atoms with Gasteiger partial charge in [-0.2, -0.15) is 5.26 Å². The number of nitrogens with zero attached hydrogens (tertiary/aromatic N) is 2. The van der Waals surface area contributed by atoms with Gasteiger partial charge in [0.15, 0.2) is 0 Å². The Bertz CT molecular complexity index is 451. The van der Waals surface area contributed by atoms with Crippen molar-refractivity contribution in [3.8, 4) is 6.07 Å². The van der Waals surface area contributed by atoms with E-state index in [2.05, 4.69) is 23.2 Å². The Morgan fingerprint density at radius 2 is 2.10 bits per heavy atom. The van der Waals surface area contributed by atoms with Gasteiger partial charge in [0.05, 0.1) is 6.07 Å². The van der Waals surface area contributed by atoms with Crippen molar-refractivity contribution in [2.45, 2.75) is 44.2 Å². The van der Waals surface area contributed by atoms with Gasteiger partial charge in [-0.1, -0.05) is 36.8 Å². The van der Waals surface area contributed by atoms with E-state index in [-0.39, 0.29) is 0 Å². The maximum atomic E-state index is 9.69. The first-order valence-corrected chi connectivity index (χ1v) is 7.61. The number of nitrogens with one attached hydrogen (secondary N) is 1. The predicted octanol–water partition coefficient (Wildman–Crippen LogP) is 2.89. The van der Waals surface area contributed by atoms with Crippen molar-refractivity contribution >= 4 is 0 Å². The standard InChI is InChI=1S/C17H25N3/c1-15-8-6-7-12-20(15)13-11-17(14-18,19-2)16-9-4-3-5-10-16/h3-5,9-10,15,19H,6-8,11-13H2,1-2H3. The van der Waals surface area contributed by atoms with E-state index in [0.29, 0.717) is 6.04 Å². The number of hydrogen-bond donors (Lipinski definition) is 1. The average Bonchev–Trinajstić information content (AvgIpc) is 2.51. The molecule has 2 unspecified atom stereocenters. The molecule has 1 saturated heterocycles. The second-order valence-corrected chi connectivity index (χ2v) is 5.76. The van der Waals surface area contributed by atoms with E-state index < -0.39 is 5.54 Å². The van der Waals surface area contributed by atoms with E-state index in [4.69, 9.17) is 0 Å². The largest absolute Gasteiger partial charge is 0.301 e. The second-order valence-electron chi connectivity index (χ2n) is 5.76. The highest BCUT2D eigenvalue weighted by Gasteiger charge is 2.31. The van der Waals surface area contributed by atoms with Crippen molar-refractivity contribution in [1.29, 1.82) is 5.26 Å². The molecule has 0 aliphatic carbocycles. The summed E-state index contributed by atoms with van der Waals surface area (Å²) in [7, 11) is 1.88. The van der Waals surface area contributed by atoms with Crippen LogP contribution in [-0.2, 0) is 5.54 Å². The molecule has 0 saturated carbocycles. The summed E-state index contributed by atoms with van der Waals surface area (Å²) in [4.78, 5) is 2.52. The zero-order valence-electron chi connectivity index (χ0n) is 12.6. The lowest BCUT2D eigenvalue weighted by Crippen LogP contribution is -2.45. The summed E-state index contributed by atoms with van der Waals surface area (Å²) >= 11 is 0. The van der Waals surface area contributed by atoms with Crippen molar-refractivity contribution < 1.29 is 0 Å². The quantitative estimate of drug-likeness (QED) is 0.895. The van der Waals surface area contributed by atoms with Gasteiger partial charge in [0.25, 0.3) is 0 Å². The number of piperidine rings is 1. The average molecular weight is 271 g/mol. The summed E-state index contributed by atoms with van der Waals surface area (Å²) in [5.41, 5.74) is 0.493. The van der Waals surface area contributed by atoms with E-state index >= 15 is 0 Å². The summed E-state index contributed by atoms with van der Waals surface area (Å²) < 4.78 is 0. The normalized spacial score (nSPS) is 22.9. The minimum Gasteiger partial charge on any atom is -0.301 e. The van der Waals surface area contributed by atoms with Gasteiger partial charge in [-0.3, -0.25) is 5.32 Å². The lowest BCUT2D eigenvalue weighted by molar-refractivity contribution is 0.147. The van der Waals surface area contributed by atoms with Crippen LogP contribution in [0.2, 0.25) is 0 Å². The molecule has 2 atom stereocenters. The van der Waals surface area contributed by atoms with Crippen molar-refractivity contribution in [1.82, 2.24) is 10.2 Å². The van der Waals surface area contributed by atoms with Gasteiger partial charge in [-0.15, -0.1) is 0 Å². The number of nitriles is 1. The highest BCUT2D eigenvalue weighted by molar-refractivity contribution is 5.31. The van der Waals surface area contributed by atoms with Crippen molar-refractivity contribution in [2.75, 3.05) is 20.1 Å². The molecule has 1 heterocycles. The van der Waals surface area contributed by atoms with Crippen LogP contribution in [0.5, 0.6) is 0 Å². The predicted molar refractivity (Wildman–Crippen MR) is 82.3 cm³/mol. The first-order chi connectivity index (χ1) is 9.72. The summed E-state index contributed by atoms with van der Waals surface area (Å²) in [6, 6.07) is 13.2. The van der Waals surface area contributed by atoms with Crippen LogP contribution in [0.1, 0.15) is 38.2 Å². The van der Waals surface area contributed by atoms with Gasteiger partial charge < -0.3 is 4.90 Å². The summed E-state index contributed by atoms with van der Waals surface area (Å²) in [5, 5.41) is 12.9. The topological polar surface area (TPSA) is 39.1 Å². The Balaban J connectivity index is 2.08. The fourth-order valence-electron chi connectivity index (χ4n) is 3.11. The highest BCUT2D eigenvalue weighted by Crippen LogP contribution is 2.26. The summed E-state index contributed by atoms with van der Waals surface area (Å²) in [6.45, 7) is 4.45. The molecule has 1 aliphatic rings. The van der Waals surface area contributed by atoms with Crippen LogP contribution in [0.4, 0.5) is 0 Å². The van der Waals surface area contributed by atoms with Gasteiger partial charge in [-0.05, 0) is 45.3 Å². The molecule has 20 heavy (non-hydrogen) atoms. The van der Waals surface area contributed by atoms with Crippen molar-refractivity contribution in [2.24, 2.45) is 0 Å². The summed E-state index contributed by atoms with van der Waals surface area (Å²) in [5.74, 6) is 0. The van der Waals surface area contributed by atoms with E-state index in [9.17, 15) is 5.26 Å². The Labute approximate surface area is 122 Å². The minimum atomic E-state index is -0.571. The molecule has 3 nitrogen and oxygen atoms in total. The molecule has 0 spiro atoms. The molecule has 1 aliphatic heterocycles. The lowest BCUT2D eigenvalue weighted by Gasteiger charge is -2.36. The van der Waals surface area contributed by atoms with Crippen LogP contribution in [0.3, 0.4) is 0 Å². The molecule has 0 bridgehead atoms. The monoisotopic (exact) mass is 271 g/mol. The van der Waals surface area contributed by atoms with Crippen molar-refractivity contribution in [3.05, 3.63) is 35.9 Å². The fourth-order valence-corrected chi connectivity index (χ4v) is 3.11. The molecule has 108 valence electrons. The van der Waals surface area contributed by atoms with Gasteiger partial charge in [0.2, 0.25) is 0 Å². The molecule has 1 fully saturated rings. The van der Waals surface area contributed by atoms with E-state index in [1.807, 2.05) is 37.4 Å². The third-order valence-electron chi connectivity index (χ3n) is 4.60. The smallest absolute Gasteiger partial charge is 0.133 e. The molecular weight excluding hydrogens is 246 g/mol. The van der Waals surface area contributed by atoms with E-state index in [0.717, 1.165) is 18.5 Å². The van der Waals surface area contributed by atoms with Gasteiger partial charge >= 0.3 is 0 Å². The van der Waals surface area contributed by atoms with Crippen LogP contribution in [-0.4, -0.2) is 31.1 Å². The van der Waals surface area contributed by atoms with Crippen LogP contribution < -0.4 is 5.32 Å². The van der Waals surface area contributed by atoms with Crippen LogP contribution >= 0.6 is 0 Å². The Morgan fingerprint density at radius 3 is 2.70 bits per heavy atom. The number of benzene rings is 1. The first kappa shape index (κ1) is 15.0. The number of rotatable bonds is 5. The van der Waals surface area contributed by atoms with Crippen LogP contribution in [0, 0.1) is 11.3 Å². The molecule has 2 rings (SSSR count). The lowest BCUT2D eigenvalue weighted by atomic mass is 9.87. The Hall–Kier alpha value is -1.37. The molecule has 3 heteroatoms. The van der Waals surface area contributed by atoms with Gasteiger partial charge in [0, 0.05) is 12.6 Å². The van der Waals surface area contributed by atoms with E-state index in [1.165, 1.54) is 25.8 Å². The molecule has 0 radical (unpaired) electrons. The maximum absolute atomic E-state index is 9.69. The highest BCUT2D eigenvalue weighted by atomic mass is 15.2. The summed E-state index contributed by atoms with van der Waals surface area (Å²) in [6.07, 6.45) is 4.74. The SMILES string of the molecule is CNC(C#N)(CCN1CCCCC1C)c1ccccc1.